The molecule has 2 rings (SSSR count). The molecule has 1 heterocycles. The molecule has 0 fully saturated rings. The first-order valence-corrected chi connectivity index (χ1v) is 8.52. The number of aromatic nitrogens is 1. The molecule has 152 valence electrons. The van der Waals surface area contributed by atoms with Gasteiger partial charge in [0.2, 0.25) is 5.88 Å². The van der Waals surface area contributed by atoms with Gasteiger partial charge in [0.1, 0.15) is 17.4 Å². The summed E-state index contributed by atoms with van der Waals surface area (Å²) in [5.74, 6) is -1.94. The van der Waals surface area contributed by atoms with E-state index in [1.807, 2.05) is 0 Å². The maximum Gasteiger partial charge on any atom is 0.410 e. The third-order valence-electron chi connectivity index (χ3n) is 3.74. The van der Waals surface area contributed by atoms with Crippen LogP contribution in [0.3, 0.4) is 0 Å². The van der Waals surface area contributed by atoms with Crippen LogP contribution in [-0.4, -0.2) is 56.0 Å². The van der Waals surface area contributed by atoms with Crippen LogP contribution >= 0.6 is 0 Å². The molecule has 0 radical (unpaired) electrons. The van der Waals surface area contributed by atoms with Crippen LogP contribution in [0.15, 0.2) is 30.3 Å². The quantitative estimate of drug-likeness (QED) is 0.575. The van der Waals surface area contributed by atoms with E-state index in [1.165, 1.54) is 19.2 Å². The predicted molar refractivity (Wildman–Crippen MR) is 99.4 cm³/mol. The summed E-state index contributed by atoms with van der Waals surface area (Å²) in [5.41, 5.74) is -0.0976. The summed E-state index contributed by atoms with van der Waals surface area (Å²) in [6.45, 7) is 5.10. The highest BCUT2D eigenvalue weighted by Gasteiger charge is 2.32. The lowest BCUT2D eigenvalue weighted by molar-refractivity contribution is -0.140. The molecule has 0 saturated heterocycles. The second-order valence-corrected chi connectivity index (χ2v) is 7.27. The molecule has 28 heavy (non-hydrogen) atoms. The second kappa shape index (κ2) is 8.12. The molecule has 0 aliphatic heterocycles. The van der Waals surface area contributed by atoms with Crippen molar-refractivity contribution in [3.63, 3.8) is 0 Å². The van der Waals surface area contributed by atoms with Crippen molar-refractivity contribution in [1.82, 2.24) is 9.88 Å². The monoisotopic (exact) mass is 392 g/mol. The van der Waals surface area contributed by atoms with Crippen molar-refractivity contribution >= 4 is 12.1 Å². The SMILES string of the molecule is CN(C(=O)OC(C)(C)C)[C@@H](Cc1ccc(O)cc1)C(=O)Oc1cc(O)[nH]c1O. The Balaban J connectivity index is 2.25. The van der Waals surface area contributed by atoms with Crippen LogP contribution in [0.25, 0.3) is 0 Å². The average Bonchev–Trinajstić information content (AvgIpc) is 2.89. The van der Waals surface area contributed by atoms with Gasteiger partial charge in [0.15, 0.2) is 11.6 Å². The van der Waals surface area contributed by atoms with Gasteiger partial charge >= 0.3 is 12.1 Å². The zero-order valence-electron chi connectivity index (χ0n) is 16.1. The number of esters is 1. The summed E-state index contributed by atoms with van der Waals surface area (Å²) in [5, 5.41) is 28.4. The Labute approximate surface area is 162 Å². The van der Waals surface area contributed by atoms with E-state index in [2.05, 4.69) is 4.98 Å². The Bertz CT molecular complexity index is 837. The van der Waals surface area contributed by atoms with Crippen LogP contribution in [0.1, 0.15) is 26.3 Å². The Kier molecular flexibility index (Phi) is 6.07. The standard InChI is InChI=1S/C19H24N2O7/c1-19(2,3)28-18(26)21(4)13(9-11-5-7-12(22)8-6-11)17(25)27-14-10-15(23)20-16(14)24/h5-8,10,13,20,22-24H,9H2,1-4H3/t13-/m0/s1. The average molecular weight is 392 g/mol. The third-order valence-corrected chi connectivity index (χ3v) is 3.74. The number of benzene rings is 1. The number of phenolic OH excluding ortho intramolecular Hbond substituents is 1. The van der Waals surface area contributed by atoms with Crippen molar-refractivity contribution in [2.24, 2.45) is 0 Å². The van der Waals surface area contributed by atoms with Crippen LogP contribution in [-0.2, 0) is 16.0 Å². The van der Waals surface area contributed by atoms with Gasteiger partial charge < -0.3 is 24.8 Å². The molecule has 0 saturated carbocycles. The number of aromatic amines is 1. The molecule has 0 bridgehead atoms. The molecule has 9 nitrogen and oxygen atoms in total. The molecular weight excluding hydrogens is 368 g/mol. The first kappa shape index (κ1) is 20.9. The van der Waals surface area contributed by atoms with Gasteiger partial charge in [0, 0.05) is 19.5 Å². The Hall–Kier alpha value is -3.36. The van der Waals surface area contributed by atoms with Crippen LogP contribution in [0.5, 0.6) is 23.3 Å². The van der Waals surface area contributed by atoms with E-state index < -0.39 is 29.6 Å². The number of nitrogens with one attached hydrogen (secondary N) is 1. The molecule has 9 heteroatoms. The summed E-state index contributed by atoms with van der Waals surface area (Å²) >= 11 is 0. The van der Waals surface area contributed by atoms with Crippen molar-refractivity contribution in [3.8, 4) is 23.3 Å². The number of hydrogen-bond donors (Lipinski definition) is 4. The summed E-state index contributed by atoms with van der Waals surface area (Å²) < 4.78 is 10.5. The molecule has 0 unspecified atom stereocenters. The van der Waals surface area contributed by atoms with Gasteiger partial charge in [-0.3, -0.25) is 9.88 Å². The van der Waals surface area contributed by atoms with Crippen LogP contribution < -0.4 is 4.74 Å². The van der Waals surface area contributed by atoms with Crippen molar-refractivity contribution in [2.75, 3.05) is 7.05 Å². The summed E-state index contributed by atoms with van der Waals surface area (Å²) in [6.07, 6.45) is -0.652. The van der Waals surface area contributed by atoms with E-state index >= 15 is 0 Å². The Morgan fingerprint density at radius 2 is 1.75 bits per heavy atom. The lowest BCUT2D eigenvalue weighted by Crippen LogP contribution is -2.47. The molecule has 1 amide bonds. The highest BCUT2D eigenvalue weighted by Crippen LogP contribution is 2.30. The number of ether oxygens (including phenoxy) is 2. The van der Waals surface area contributed by atoms with E-state index in [9.17, 15) is 24.9 Å². The van der Waals surface area contributed by atoms with Crippen molar-refractivity contribution in [1.29, 1.82) is 0 Å². The Morgan fingerprint density at radius 1 is 1.14 bits per heavy atom. The first-order valence-electron chi connectivity index (χ1n) is 8.52. The molecule has 2 aromatic rings. The number of carbonyl (C=O) groups is 2. The van der Waals surface area contributed by atoms with Gasteiger partial charge in [-0.2, -0.15) is 0 Å². The number of amides is 1. The summed E-state index contributed by atoms with van der Waals surface area (Å²) in [4.78, 5) is 28.5. The van der Waals surface area contributed by atoms with E-state index in [0.717, 1.165) is 11.0 Å². The minimum absolute atomic E-state index is 0.0658. The maximum absolute atomic E-state index is 12.7. The summed E-state index contributed by atoms with van der Waals surface area (Å²) in [6, 6.07) is 6.09. The van der Waals surface area contributed by atoms with E-state index in [4.69, 9.17) is 9.47 Å². The van der Waals surface area contributed by atoms with E-state index in [0.29, 0.717) is 5.56 Å². The first-order chi connectivity index (χ1) is 13.0. The van der Waals surface area contributed by atoms with Gasteiger partial charge in [-0.1, -0.05) is 12.1 Å². The molecule has 1 atom stereocenters. The van der Waals surface area contributed by atoms with Gasteiger partial charge in [-0.25, -0.2) is 9.59 Å². The highest BCUT2D eigenvalue weighted by atomic mass is 16.6. The number of likely N-dealkylation sites (N-methyl/N-ethyl adjacent to an activating group) is 1. The lowest BCUT2D eigenvalue weighted by atomic mass is 10.0. The Morgan fingerprint density at radius 3 is 2.25 bits per heavy atom. The fraction of sp³-hybridized carbons (Fsp3) is 0.368. The fourth-order valence-electron chi connectivity index (χ4n) is 2.36. The van der Waals surface area contributed by atoms with Crippen LogP contribution in [0, 0.1) is 0 Å². The zero-order chi connectivity index (χ0) is 21.1. The molecule has 1 aromatic carbocycles. The predicted octanol–water partition coefficient (Wildman–Crippen LogP) is 2.52. The largest absolute Gasteiger partial charge is 0.508 e. The zero-order valence-corrected chi connectivity index (χ0v) is 16.1. The number of phenols is 1. The van der Waals surface area contributed by atoms with Gasteiger partial charge in [-0.05, 0) is 38.5 Å². The highest BCUT2D eigenvalue weighted by molar-refractivity contribution is 5.83. The molecular formula is C19H24N2O7. The minimum atomic E-state index is -1.09. The number of rotatable bonds is 5. The molecule has 4 N–H and O–H groups in total. The number of hydrogen-bond acceptors (Lipinski definition) is 7. The number of H-pyrrole nitrogens is 1. The second-order valence-electron chi connectivity index (χ2n) is 7.27. The minimum Gasteiger partial charge on any atom is -0.508 e. The van der Waals surface area contributed by atoms with Crippen LogP contribution in [0.2, 0.25) is 0 Å². The molecule has 1 aromatic heterocycles. The van der Waals surface area contributed by atoms with Gasteiger partial charge in [0.25, 0.3) is 0 Å². The number of aromatic hydroxyl groups is 3. The third kappa shape index (κ3) is 5.57. The van der Waals surface area contributed by atoms with Crippen molar-refractivity contribution in [2.45, 2.75) is 38.8 Å². The normalized spacial score (nSPS) is 12.3. The smallest absolute Gasteiger partial charge is 0.410 e. The van der Waals surface area contributed by atoms with E-state index in [1.54, 1.807) is 32.9 Å². The van der Waals surface area contributed by atoms with Gasteiger partial charge in [0.05, 0.1) is 0 Å². The van der Waals surface area contributed by atoms with Crippen molar-refractivity contribution < 1.29 is 34.4 Å². The van der Waals surface area contributed by atoms with Crippen molar-refractivity contribution in [3.05, 3.63) is 35.9 Å². The maximum atomic E-state index is 12.7. The lowest BCUT2D eigenvalue weighted by Gasteiger charge is -2.29. The number of nitrogens with zero attached hydrogens (tertiary/aromatic N) is 1. The topological polar surface area (TPSA) is 132 Å². The molecule has 0 aliphatic carbocycles. The molecule has 0 aliphatic rings. The van der Waals surface area contributed by atoms with Crippen LogP contribution in [0.4, 0.5) is 4.79 Å². The van der Waals surface area contributed by atoms with E-state index in [-0.39, 0.29) is 23.8 Å². The molecule has 0 spiro atoms. The number of carbonyl (C=O) groups excluding carboxylic acids is 2. The van der Waals surface area contributed by atoms with Gasteiger partial charge in [-0.15, -0.1) is 0 Å². The summed E-state index contributed by atoms with van der Waals surface area (Å²) in [7, 11) is 1.40. The fourth-order valence-corrected chi connectivity index (χ4v) is 2.36.